The van der Waals surface area contributed by atoms with Crippen LogP contribution in [0.25, 0.3) is 0 Å². The van der Waals surface area contributed by atoms with E-state index in [2.05, 4.69) is 0 Å². The van der Waals surface area contributed by atoms with Crippen LogP contribution in [0.15, 0.2) is 18.2 Å². The molecule has 2 rings (SSSR count). The Balaban J connectivity index is 2.23. The molecule has 0 radical (unpaired) electrons. The lowest BCUT2D eigenvalue weighted by atomic mass is 10.1. The Hall–Kier alpha value is -1.88. The molecule has 96 valence electrons. The summed E-state index contributed by atoms with van der Waals surface area (Å²) in [4.78, 5) is 24.4. The molecule has 5 heteroatoms. The molecule has 5 nitrogen and oxygen atoms in total. The number of benzene rings is 1. The van der Waals surface area contributed by atoms with E-state index in [0.717, 1.165) is 12.0 Å². The standard InChI is InChI=1S/C13H15NO4/c1-2-18-8-12(15)14-6-5-9-3-4-10(13(16)17)7-11(9)14/h3-4,7H,2,5-6,8H2,1H3,(H,16,17). The van der Waals surface area contributed by atoms with E-state index < -0.39 is 5.97 Å². The number of carbonyl (C=O) groups excluding carboxylic acids is 1. The first-order valence-corrected chi connectivity index (χ1v) is 5.87. The lowest BCUT2D eigenvalue weighted by Gasteiger charge is -2.17. The third-order valence-corrected chi connectivity index (χ3v) is 2.96. The first-order valence-electron chi connectivity index (χ1n) is 5.87. The summed E-state index contributed by atoms with van der Waals surface area (Å²) >= 11 is 0. The number of carboxylic acid groups (broad SMARTS) is 1. The first-order chi connectivity index (χ1) is 8.63. The molecule has 1 aliphatic rings. The van der Waals surface area contributed by atoms with E-state index >= 15 is 0 Å². The van der Waals surface area contributed by atoms with E-state index in [9.17, 15) is 9.59 Å². The van der Waals surface area contributed by atoms with Gasteiger partial charge >= 0.3 is 5.97 Å². The van der Waals surface area contributed by atoms with Crippen LogP contribution in [0, 0.1) is 0 Å². The molecule has 0 saturated carbocycles. The van der Waals surface area contributed by atoms with Gasteiger partial charge in [-0.2, -0.15) is 0 Å². The summed E-state index contributed by atoms with van der Waals surface area (Å²) in [5, 5.41) is 8.95. The molecule has 0 bridgehead atoms. The maximum absolute atomic E-state index is 11.9. The minimum Gasteiger partial charge on any atom is -0.478 e. The van der Waals surface area contributed by atoms with Crippen LogP contribution in [0.4, 0.5) is 5.69 Å². The highest BCUT2D eigenvalue weighted by atomic mass is 16.5. The van der Waals surface area contributed by atoms with E-state index in [4.69, 9.17) is 9.84 Å². The largest absolute Gasteiger partial charge is 0.478 e. The zero-order valence-corrected chi connectivity index (χ0v) is 10.2. The molecule has 0 spiro atoms. The van der Waals surface area contributed by atoms with Crippen LogP contribution in [-0.2, 0) is 16.0 Å². The van der Waals surface area contributed by atoms with Gasteiger partial charge in [0, 0.05) is 18.8 Å². The number of carboxylic acids is 1. The fourth-order valence-electron chi connectivity index (χ4n) is 2.04. The second-order valence-corrected chi connectivity index (χ2v) is 4.08. The highest BCUT2D eigenvalue weighted by Gasteiger charge is 2.25. The molecular weight excluding hydrogens is 234 g/mol. The Bertz CT molecular complexity index is 484. The molecule has 18 heavy (non-hydrogen) atoms. The van der Waals surface area contributed by atoms with Gasteiger partial charge in [0.1, 0.15) is 6.61 Å². The third-order valence-electron chi connectivity index (χ3n) is 2.96. The van der Waals surface area contributed by atoms with Gasteiger partial charge in [0.15, 0.2) is 0 Å². The van der Waals surface area contributed by atoms with Crippen molar-refractivity contribution in [2.75, 3.05) is 24.7 Å². The molecular formula is C13H15NO4. The lowest BCUT2D eigenvalue weighted by Crippen LogP contribution is -2.32. The van der Waals surface area contributed by atoms with Gasteiger partial charge in [-0.25, -0.2) is 4.79 Å². The number of ether oxygens (including phenoxy) is 1. The number of rotatable bonds is 4. The van der Waals surface area contributed by atoms with Crippen molar-refractivity contribution in [3.05, 3.63) is 29.3 Å². The van der Waals surface area contributed by atoms with Crippen LogP contribution in [0.2, 0.25) is 0 Å². The van der Waals surface area contributed by atoms with Crippen LogP contribution in [0.1, 0.15) is 22.8 Å². The van der Waals surface area contributed by atoms with Crippen molar-refractivity contribution >= 4 is 17.6 Å². The zero-order valence-electron chi connectivity index (χ0n) is 10.2. The number of carbonyl (C=O) groups is 2. The second kappa shape index (κ2) is 5.18. The van der Waals surface area contributed by atoms with E-state index in [-0.39, 0.29) is 18.1 Å². The summed E-state index contributed by atoms with van der Waals surface area (Å²) in [6, 6.07) is 4.89. The van der Waals surface area contributed by atoms with E-state index in [0.29, 0.717) is 18.8 Å². The SMILES string of the molecule is CCOCC(=O)N1CCc2ccc(C(=O)O)cc21. The smallest absolute Gasteiger partial charge is 0.335 e. The van der Waals surface area contributed by atoms with Gasteiger partial charge in [-0.1, -0.05) is 6.07 Å². The predicted molar refractivity (Wildman–Crippen MR) is 66.0 cm³/mol. The maximum atomic E-state index is 11.9. The highest BCUT2D eigenvalue weighted by Crippen LogP contribution is 2.29. The van der Waals surface area contributed by atoms with E-state index in [1.165, 1.54) is 0 Å². The molecule has 1 aromatic carbocycles. The summed E-state index contributed by atoms with van der Waals surface area (Å²) in [6.07, 6.45) is 0.757. The minimum atomic E-state index is -0.984. The molecule has 0 aliphatic carbocycles. The fraction of sp³-hybridized carbons (Fsp3) is 0.385. The summed E-state index contributed by atoms with van der Waals surface area (Å²) in [7, 11) is 0. The van der Waals surface area contributed by atoms with Gasteiger partial charge in [0.25, 0.3) is 5.91 Å². The molecule has 1 amide bonds. The molecule has 1 N–H and O–H groups in total. The Morgan fingerprint density at radius 2 is 2.22 bits per heavy atom. The predicted octanol–water partition coefficient (Wildman–Crippen LogP) is 1.31. The summed E-state index contributed by atoms with van der Waals surface area (Å²) in [5.41, 5.74) is 1.90. The van der Waals surface area contributed by atoms with Gasteiger partial charge in [0.2, 0.25) is 0 Å². The van der Waals surface area contributed by atoms with Gasteiger partial charge in [-0.3, -0.25) is 4.79 Å². The van der Waals surface area contributed by atoms with Crippen LogP contribution in [0.5, 0.6) is 0 Å². The van der Waals surface area contributed by atoms with Crippen molar-refractivity contribution in [2.24, 2.45) is 0 Å². The normalized spacial score (nSPS) is 13.5. The summed E-state index contributed by atoms with van der Waals surface area (Å²) in [5.74, 6) is -1.11. The summed E-state index contributed by atoms with van der Waals surface area (Å²) in [6.45, 7) is 2.94. The van der Waals surface area contributed by atoms with Crippen molar-refractivity contribution in [3.8, 4) is 0 Å². The Morgan fingerprint density at radius 3 is 2.89 bits per heavy atom. The summed E-state index contributed by atoms with van der Waals surface area (Å²) < 4.78 is 5.09. The molecule has 0 atom stereocenters. The number of anilines is 1. The highest BCUT2D eigenvalue weighted by molar-refractivity contribution is 5.98. The van der Waals surface area contributed by atoms with Gasteiger partial charge < -0.3 is 14.7 Å². The average molecular weight is 249 g/mol. The van der Waals surface area contributed by atoms with Crippen molar-refractivity contribution in [2.45, 2.75) is 13.3 Å². The second-order valence-electron chi connectivity index (χ2n) is 4.08. The van der Waals surface area contributed by atoms with E-state index in [1.807, 2.05) is 6.92 Å². The average Bonchev–Trinajstić information content (AvgIpc) is 2.78. The number of hydrogen-bond acceptors (Lipinski definition) is 3. The zero-order chi connectivity index (χ0) is 13.1. The van der Waals surface area contributed by atoms with Crippen LogP contribution < -0.4 is 4.90 Å². The minimum absolute atomic E-state index is 0.0350. The van der Waals surface area contributed by atoms with Gasteiger partial charge in [0.05, 0.1) is 5.56 Å². The van der Waals surface area contributed by atoms with Crippen molar-refractivity contribution in [1.82, 2.24) is 0 Å². The van der Waals surface area contributed by atoms with Gasteiger partial charge in [-0.05, 0) is 31.0 Å². The van der Waals surface area contributed by atoms with Crippen LogP contribution in [-0.4, -0.2) is 36.7 Å². The van der Waals surface area contributed by atoms with Crippen molar-refractivity contribution in [1.29, 1.82) is 0 Å². The number of hydrogen-bond donors (Lipinski definition) is 1. The van der Waals surface area contributed by atoms with Crippen molar-refractivity contribution in [3.63, 3.8) is 0 Å². The van der Waals surface area contributed by atoms with Crippen LogP contribution >= 0.6 is 0 Å². The van der Waals surface area contributed by atoms with Crippen LogP contribution in [0.3, 0.4) is 0 Å². The Kier molecular flexibility index (Phi) is 3.62. The molecule has 1 aliphatic heterocycles. The van der Waals surface area contributed by atoms with Crippen molar-refractivity contribution < 1.29 is 19.4 Å². The molecule has 1 heterocycles. The lowest BCUT2D eigenvalue weighted by molar-refractivity contribution is -0.122. The number of aromatic carboxylic acids is 1. The third kappa shape index (κ3) is 2.36. The topological polar surface area (TPSA) is 66.8 Å². The monoisotopic (exact) mass is 249 g/mol. The first kappa shape index (κ1) is 12.6. The number of nitrogens with zero attached hydrogens (tertiary/aromatic N) is 1. The Morgan fingerprint density at radius 1 is 1.44 bits per heavy atom. The van der Waals surface area contributed by atoms with E-state index in [1.54, 1.807) is 23.1 Å². The molecule has 0 unspecified atom stereocenters. The Labute approximate surface area is 105 Å². The fourth-order valence-corrected chi connectivity index (χ4v) is 2.04. The number of fused-ring (bicyclic) bond motifs is 1. The molecule has 1 aromatic rings. The molecule has 0 fully saturated rings. The number of amides is 1. The molecule has 0 aromatic heterocycles. The maximum Gasteiger partial charge on any atom is 0.335 e. The molecule has 0 saturated heterocycles. The quantitative estimate of drug-likeness (QED) is 0.873. The van der Waals surface area contributed by atoms with Gasteiger partial charge in [-0.15, -0.1) is 0 Å².